The minimum atomic E-state index is 0.0774. The Labute approximate surface area is 124 Å². The number of rotatable bonds is 5. The topological polar surface area (TPSA) is 69.8 Å². The van der Waals surface area contributed by atoms with E-state index in [2.05, 4.69) is 32.1 Å². The fourth-order valence-corrected chi connectivity index (χ4v) is 2.71. The van der Waals surface area contributed by atoms with Crippen LogP contribution in [0.3, 0.4) is 0 Å². The van der Waals surface area contributed by atoms with Gasteiger partial charge < -0.3 is 14.6 Å². The largest absolute Gasteiger partial charge is 0.382 e. The first-order chi connectivity index (χ1) is 10.2. The van der Waals surface area contributed by atoms with Crippen molar-refractivity contribution in [3.8, 4) is 0 Å². The van der Waals surface area contributed by atoms with E-state index in [0.717, 1.165) is 43.1 Å². The van der Waals surface area contributed by atoms with Gasteiger partial charge in [-0.25, -0.2) is 0 Å². The molecule has 114 valence electrons. The fraction of sp³-hybridized carbons (Fsp3) is 0.643. The van der Waals surface area contributed by atoms with Crippen LogP contribution < -0.4 is 5.32 Å². The maximum atomic E-state index is 5.30. The number of methoxy groups -OCH3 is 1. The highest BCUT2D eigenvalue weighted by atomic mass is 16.5. The Kier molecular flexibility index (Phi) is 4.03. The Morgan fingerprint density at radius 2 is 2.33 bits per heavy atom. The van der Waals surface area contributed by atoms with Crippen LogP contribution in [0.2, 0.25) is 0 Å². The first-order valence-electron chi connectivity index (χ1n) is 7.35. The Bertz CT molecular complexity index is 604. The molecule has 3 rings (SSSR count). The second kappa shape index (κ2) is 5.95. The maximum Gasteiger partial charge on any atom is 0.154 e. The average Bonchev–Trinajstić information content (AvgIpc) is 3.10. The van der Waals surface area contributed by atoms with E-state index in [9.17, 15) is 0 Å². The molecule has 3 heterocycles. The molecule has 0 aromatic carbocycles. The van der Waals surface area contributed by atoms with Crippen LogP contribution in [-0.4, -0.2) is 44.3 Å². The second-order valence-corrected chi connectivity index (χ2v) is 5.55. The quantitative estimate of drug-likeness (QED) is 0.876. The smallest absolute Gasteiger partial charge is 0.154 e. The van der Waals surface area contributed by atoms with E-state index in [4.69, 9.17) is 4.74 Å². The Morgan fingerprint density at radius 3 is 3.05 bits per heavy atom. The van der Waals surface area contributed by atoms with Crippen molar-refractivity contribution in [3.63, 3.8) is 0 Å². The highest BCUT2D eigenvalue weighted by Crippen LogP contribution is 2.24. The van der Waals surface area contributed by atoms with Crippen molar-refractivity contribution in [2.45, 2.75) is 38.5 Å². The van der Waals surface area contributed by atoms with Crippen LogP contribution in [0, 0.1) is 0 Å². The van der Waals surface area contributed by atoms with Gasteiger partial charge in [0.2, 0.25) is 0 Å². The van der Waals surface area contributed by atoms with Crippen molar-refractivity contribution in [1.82, 2.24) is 29.9 Å². The molecule has 1 N–H and O–H groups in total. The number of nitrogens with zero attached hydrogens (tertiary/aromatic N) is 5. The summed E-state index contributed by atoms with van der Waals surface area (Å²) in [5.74, 6) is 2.03. The van der Waals surface area contributed by atoms with Gasteiger partial charge in [0.05, 0.1) is 18.3 Å². The third-order valence-corrected chi connectivity index (χ3v) is 4.03. The molecule has 0 fully saturated rings. The minimum Gasteiger partial charge on any atom is -0.382 e. The lowest BCUT2D eigenvalue weighted by Gasteiger charge is -2.24. The fourth-order valence-electron chi connectivity index (χ4n) is 2.71. The lowest BCUT2D eigenvalue weighted by Crippen LogP contribution is -2.34. The van der Waals surface area contributed by atoms with Gasteiger partial charge >= 0.3 is 0 Å². The van der Waals surface area contributed by atoms with E-state index < -0.39 is 0 Å². The van der Waals surface area contributed by atoms with E-state index in [1.807, 2.05) is 24.1 Å². The predicted octanol–water partition coefficient (Wildman–Crippen LogP) is 0.672. The summed E-state index contributed by atoms with van der Waals surface area (Å²) in [6.07, 6.45) is 6.00. The van der Waals surface area contributed by atoms with Crippen LogP contribution in [0.1, 0.15) is 36.6 Å². The van der Waals surface area contributed by atoms with Gasteiger partial charge in [-0.1, -0.05) is 0 Å². The molecule has 2 aromatic rings. The van der Waals surface area contributed by atoms with E-state index >= 15 is 0 Å². The summed E-state index contributed by atoms with van der Waals surface area (Å²) in [4.78, 5) is 0. The molecular weight excluding hydrogens is 268 g/mol. The van der Waals surface area contributed by atoms with Crippen LogP contribution in [0.5, 0.6) is 0 Å². The summed E-state index contributed by atoms with van der Waals surface area (Å²) in [5.41, 5.74) is 1.13. The molecule has 0 saturated heterocycles. The second-order valence-electron chi connectivity index (χ2n) is 5.55. The van der Waals surface area contributed by atoms with Gasteiger partial charge in [0.25, 0.3) is 0 Å². The van der Waals surface area contributed by atoms with Crippen molar-refractivity contribution < 1.29 is 4.74 Å². The number of hydrogen-bond donors (Lipinski definition) is 1. The third kappa shape index (κ3) is 2.84. The van der Waals surface area contributed by atoms with E-state index in [-0.39, 0.29) is 12.1 Å². The Hall–Kier alpha value is -1.73. The summed E-state index contributed by atoms with van der Waals surface area (Å²) in [5, 5.41) is 16.5. The molecule has 0 aliphatic carbocycles. The zero-order valence-electron chi connectivity index (χ0n) is 12.8. The van der Waals surface area contributed by atoms with Gasteiger partial charge in [-0.3, -0.25) is 4.68 Å². The molecule has 7 nitrogen and oxygen atoms in total. The summed E-state index contributed by atoms with van der Waals surface area (Å²) in [6.45, 7) is 3.90. The molecule has 2 aromatic heterocycles. The lowest BCUT2D eigenvalue weighted by atomic mass is 10.1. The van der Waals surface area contributed by atoms with E-state index in [1.54, 1.807) is 7.11 Å². The van der Waals surface area contributed by atoms with E-state index in [1.165, 1.54) is 0 Å². The van der Waals surface area contributed by atoms with Crippen molar-refractivity contribution in [1.29, 1.82) is 0 Å². The Morgan fingerprint density at radius 1 is 1.48 bits per heavy atom. The molecule has 7 heteroatoms. The number of ether oxygens (including phenoxy) is 1. The van der Waals surface area contributed by atoms with Gasteiger partial charge in [0, 0.05) is 45.4 Å². The molecule has 21 heavy (non-hydrogen) atoms. The molecule has 1 aliphatic heterocycles. The van der Waals surface area contributed by atoms with Gasteiger partial charge in [-0.05, 0) is 13.3 Å². The van der Waals surface area contributed by atoms with Gasteiger partial charge in [0.1, 0.15) is 5.82 Å². The standard InChI is InChI=1S/C14H22N6O/c1-10(21-3)4-5-12-17-18-14-13(15-6-7-20(12)14)11-8-16-19(2)9-11/h8-10,13,15H,4-7H2,1-3H3. The summed E-state index contributed by atoms with van der Waals surface area (Å²) in [7, 11) is 3.67. The van der Waals surface area contributed by atoms with Crippen LogP contribution in [0.15, 0.2) is 12.4 Å². The molecule has 0 saturated carbocycles. The molecule has 0 amide bonds. The Balaban J connectivity index is 1.81. The number of hydrogen-bond acceptors (Lipinski definition) is 5. The maximum absolute atomic E-state index is 5.30. The molecule has 0 radical (unpaired) electrons. The highest BCUT2D eigenvalue weighted by molar-refractivity contribution is 5.21. The zero-order valence-corrected chi connectivity index (χ0v) is 12.8. The van der Waals surface area contributed by atoms with Crippen molar-refractivity contribution in [2.24, 2.45) is 7.05 Å². The summed E-state index contributed by atoms with van der Waals surface area (Å²) < 4.78 is 9.35. The number of nitrogens with one attached hydrogen (secondary N) is 1. The van der Waals surface area contributed by atoms with Gasteiger partial charge in [-0.2, -0.15) is 5.10 Å². The molecule has 1 aliphatic rings. The molecule has 0 spiro atoms. The summed E-state index contributed by atoms with van der Waals surface area (Å²) >= 11 is 0. The van der Waals surface area contributed by atoms with E-state index in [0.29, 0.717) is 0 Å². The average molecular weight is 290 g/mol. The van der Waals surface area contributed by atoms with Crippen LogP contribution >= 0.6 is 0 Å². The van der Waals surface area contributed by atoms with Gasteiger partial charge in [0.15, 0.2) is 5.82 Å². The molecule has 0 bridgehead atoms. The monoisotopic (exact) mass is 290 g/mol. The van der Waals surface area contributed by atoms with Crippen molar-refractivity contribution >= 4 is 0 Å². The normalized spacial score (nSPS) is 19.5. The molecule has 2 unspecified atom stereocenters. The summed E-state index contributed by atoms with van der Waals surface area (Å²) in [6, 6.07) is 0.0774. The SMILES string of the molecule is COC(C)CCc1nnc2n1CCNC2c1cnn(C)c1. The first-order valence-corrected chi connectivity index (χ1v) is 7.35. The molecule has 2 atom stereocenters. The molecular formula is C14H22N6O. The highest BCUT2D eigenvalue weighted by Gasteiger charge is 2.27. The number of aryl methyl sites for hydroxylation is 2. The van der Waals surface area contributed by atoms with Crippen molar-refractivity contribution in [2.75, 3.05) is 13.7 Å². The number of aromatic nitrogens is 5. The van der Waals surface area contributed by atoms with Crippen LogP contribution in [0.4, 0.5) is 0 Å². The first kappa shape index (κ1) is 14.2. The van der Waals surface area contributed by atoms with Crippen LogP contribution in [-0.2, 0) is 24.8 Å². The number of fused-ring (bicyclic) bond motifs is 1. The third-order valence-electron chi connectivity index (χ3n) is 4.03. The minimum absolute atomic E-state index is 0.0774. The van der Waals surface area contributed by atoms with Crippen molar-refractivity contribution in [3.05, 3.63) is 29.6 Å². The zero-order chi connectivity index (χ0) is 14.8. The van der Waals surface area contributed by atoms with Crippen LogP contribution in [0.25, 0.3) is 0 Å². The predicted molar refractivity (Wildman–Crippen MR) is 77.9 cm³/mol. The lowest BCUT2D eigenvalue weighted by molar-refractivity contribution is 0.110. The van der Waals surface area contributed by atoms with Gasteiger partial charge in [-0.15, -0.1) is 10.2 Å².